The van der Waals surface area contributed by atoms with Gasteiger partial charge in [0.15, 0.2) is 5.79 Å². The summed E-state index contributed by atoms with van der Waals surface area (Å²) in [5.41, 5.74) is 0. The van der Waals surface area contributed by atoms with Crippen molar-refractivity contribution in [1.82, 2.24) is 0 Å². The second-order valence-electron chi connectivity index (χ2n) is 4.53. The summed E-state index contributed by atoms with van der Waals surface area (Å²) < 4.78 is 5.41. The quantitative estimate of drug-likeness (QED) is 0.570. The predicted octanol–water partition coefficient (Wildman–Crippen LogP) is 2.64. The molecule has 0 aromatic rings. The molecule has 0 amide bonds. The lowest BCUT2D eigenvalue weighted by molar-refractivity contribution is -0.237. The number of allylic oxidation sites excluding steroid dienone is 2. The van der Waals surface area contributed by atoms with E-state index in [1.165, 1.54) is 0 Å². The molecule has 15 heavy (non-hydrogen) atoms. The fourth-order valence-corrected chi connectivity index (χ4v) is 2.71. The third-order valence-electron chi connectivity index (χ3n) is 3.66. The smallest absolute Gasteiger partial charge is 0.177 e. The SMILES string of the molecule is COC(O)(C1C=CCC1)C1C=CCCC1. The van der Waals surface area contributed by atoms with Crippen LogP contribution in [0, 0.1) is 11.8 Å². The van der Waals surface area contributed by atoms with E-state index in [0.29, 0.717) is 0 Å². The molecular weight excluding hydrogens is 188 g/mol. The Kier molecular flexibility index (Phi) is 3.27. The van der Waals surface area contributed by atoms with E-state index in [1.54, 1.807) is 7.11 Å². The fourth-order valence-electron chi connectivity index (χ4n) is 2.71. The van der Waals surface area contributed by atoms with E-state index in [0.717, 1.165) is 32.1 Å². The highest BCUT2D eigenvalue weighted by molar-refractivity contribution is 5.08. The number of ether oxygens (including phenoxy) is 1. The number of rotatable bonds is 3. The Morgan fingerprint density at radius 2 is 1.80 bits per heavy atom. The van der Waals surface area contributed by atoms with Crippen LogP contribution < -0.4 is 0 Å². The molecule has 0 aromatic heterocycles. The van der Waals surface area contributed by atoms with E-state index in [9.17, 15) is 5.11 Å². The Bertz CT molecular complexity index is 270. The van der Waals surface area contributed by atoms with Gasteiger partial charge in [-0.3, -0.25) is 0 Å². The zero-order chi connectivity index (χ0) is 10.7. The Morgan fingerprint density at radius 1 is 1.13 bits per heavy atom. The minimum atomic E-state index is -0.982. The molecule has 0 bridgehead atoms. The summed E-state index contributed by atoms with van der Waals surface area (Å²) in [5, 5.41) is 10.6. The molecule has 84 valence electrons. The van der Waals surface area contributed by atoms with Gasteiger partial charge in [-0.1, -0.05) is 24.3 Å². The van der Waals surface area contributed by atoms with Gasteiger partial charge in [-0.05, 0) is 32.1 Å². The third-order valence-corrected chi connectivity index (χ3v) is 3.66. The van der Waals surface area contributed by atoms with Crippen molar-refractivity contribution in [2.75, 3.05) is 7.11 Å². The first-order valence-electron chi connectivity index (χ1n) is 5.88. The van der Waals surface area contributed by atoms with E-state index < -0.39 is 5.79 Å². The molecule has 1 N–H and O–H groups in total. The molecule has 0 saturated carbocycles. The van der Waals surface area contributed by atoms with Crippen LogP contribution >= 0.6 is 0 Å². The second kappa shape index (κ2) is 4.50. The summed E-state index contributed by atoms with van der Waals surface area (Å²) in [7, 11) is 1.62. The van der Waals surface area contributed by atoms with Gasteiger partial charge < -0.3 is 9.84 Å². The molecule has 2 nitrogen and oxygen atoms in total. The zero-order valence-corrected chi connectivity index (χ0v) is 9.36. The van der Waals surface area contributed by atoms with Gasteiger partial charge in [-0.2, -0.15) is 0 Å². The van der Waals surface area contributed by atoms with Crippen LogP contribution in [-0.4, -0.2) is 18.0 Å². The molecule has 2 rings (SSSR count). The molecule has 0 radical (unpaired) electrons. The van der Waals surface area contributed by atoms with E-state index in [1.807, 2.05) is 0 Å². The maximum absolute atomic E-state index is 10.6. The van der Waals surface area contributed by atoms with Gasteiger partial charge in [-0.15, -0.1) is 0 Å². The van der Waals surface area contributed by atoms with Crippen LogP contribution in [0.25, 0.3) is 0 Å². The lowest BCUT2D eigenvalue weighted by Gasteiger charge is -2.38. The molecule has 2 heteroatoms. The molecule has 0 saturated heterocycles. The summed E-state index contributed by atoms with van der Waals surface area (Å²) in [6.07, 6.45) is 13.9. The topological polar surface area (TPSA) is 29.5 Å². The van der Waals surface area contributed by atoms with Crippen LogP contribution in [0.15, 0.2) is 24.3 Å². The monoisotopic (exact) mass is 208 g/mol. The Hall–Kier alpha value is -0.600. The molecule has 2 aliphatic carbocycles. The first kappa shape index (κ1) is 10.9. The van der Waals surface area contributed by atoms with Crippen LogP contribution in [0.2, 0.25) is 0 Å². The molecule has 0 fully saturated rings. The second-order valence-corrected chi connectivity index (χ2v) is 4.53. The van der Waals surface area contributed by atoms with E-state index in [-0.39, 0.29) is 11.8 Å². The molecule has 0 aliphatic heterocycles. The first-order valence-corrected chi connectivity index (χ1v) is 5.88. The third kappa shape index (κ3) is 2.01. The number of hydrogen-bond acceptors (Lipinski definition) is 2. The normalized spacial score (nSPS) is 34.3. The summed E-state index contributed by atoms with van der Waals surface area (Å²) in [6.45, 7) is 0. The molecule has 2 aliphatic rings. The average Bonchev–Trinajstić information content (AvgIpc) is 2.83. The van der Waals surface area contributed by atoms with Crippen molar-refractivity contribution in [3.63, 3.8) is 0 Å². The predicted molar refractivity (Wildman–Crippen MR) is 60.3 cm³/mol. The van der Waals surface area contributed by atoms with E-state index in [2.05, 4.69) is 24.3 Å². The highest BCUT2D eigenvalue weighted by Crippen LogP contribution is 2.39. The van der Waals surface area contributed by atoms with Gasteiger partial charge in [0.05, 0.1) is 0 Å². The van der Waals surface area contributed by atoms with Crippen molar-refractivity contribution in [1.29, 1.82) is 0 Å². The standard InChI is InChI=1S/C13H20O2/c1-15-13(14,12-9-5-6-10-12)11-7-3-2-4-8-11/h3,5,7,9,11-12,14H,2,4,6,8,10H2,1H3. The van der Waals surface area contributed by atoms with Crippen molar-refractivity contribution < 1.29 is 9.84 Å². The van der Waals surface area contributed by atoms with Gasteiger partial charge in [0.2, 0.25) is 0 Å². The fraction of sp³-hybridized carbons (Fsp3) is 0.692. The lowest BCUT2D eigenvalue weighted by atomic mass is 9.81. The first-order chi connectivity index (χ1) is 7.27. The van der Waals surface area contributed by atoms with Crippen molar-refractivity contribution in [2.24, 2.45) is 11.8 Å². The Balaban J connectivity index is 2.15. The number of methoxy groups -OCH3 is 1. The lowest BCUT2D eigenvalue weighted by Crippen LogP contribution is -2.45. The Labute approximate surface area is 91.6 Å². The van der Waals surface area contributed by atoms with Crippen molar-refractivity contribution in [3.8, 4) is 0 Å². The van der Waals surface area contributed by atoms with Gasteiger partial charge in [-0.25, -0.2) is 0 Å². The summed E-state index contributed by atoms with van der Waals surface area (Å²) >= 11 is 0. The minimum Gasteiger partial charge on any atom is -0.364 e. The van der Waals surface area contributed by atoms with Gasteiger partial charge >= 0.3 is 0 Å². The zero-order valence-electron chi connectivity index (χ0n) is 9.36. The number of aliphatic hydroxyl groups is 1. The molecule has 0 spiro atoms. The maximum atomic E-state index is 10.6. The highest BCUT2D eigenvalue weighted by atomic mass is 16.6. The summed E-state index contributed by atoms with van der Waals surface area (Å²) in [6, 6.07) is 0. The Morgan fingerprint density at radius 3 is 2.33 bits per heavy atom. The van der Waals surface area contributed by atoms with Crippen molar-refractivity contribution in [2.45, 2.75) is 37.9 Å². The average molecular weight is 208 g/mol. The molecule has 3 unspecified atom stereocenters. The summed E-state index contributed by atoms with van der Waals surface area (Å²) in [4.78, 5) is 0. The van der Waals surface area contributed by atoms with Crippen molar-refractivity contribution >= 4 is 0 Å². The van der Waals surface area contributed by atoms with Crippen LogP contribution in [0.1, 0.15) is 32.1 Å². The van der Waals surface area contributed by atoms with Crippen LogP contribution in [0.5, 0.6) is 0 Å². The highest BCUT2D eigenvalue weighted by Gasteiger charge is 2.42. The van der Waals surface area contributed by atoms with Crippen LogP contribution in [-0.2, 0) is 4.74 Å². The van der Waals surface area contributed by atoms with Gasteiger partial charge in [0.25, 0.3) is 0 Å². The van der Waals surface area contributed by atoms with E-state index in [4.69, 9.17) is 4.74 Å². The van der Waals surface area contributed by atoms with Crippen LogP contribution in [0.3, 0.4) is 0 Å². The molecular formula is C13H20O2. The van der Waals surface area contributed by atoms with Crippen molar-refractivity contribution in [3.05, 3.63) is 24.3 Å². The maximum Gasteiger partial charge on any atom is 0.177 e. The van der Waals surface area contributed by atoms with E-state index >= 15 is 0 Å². The molecule has 3 atom stereocenters. The molecule has 0 aromatic carbocycles. The largest absolute Gasteiger partial charge is 0.364 e. The minimum absolute atomic E-state index is 0.156. The molecule has 0 heterocycles. The van der Waals surface area contributed by atoms with Crippen LogP contribution in [0.4, 0.5) is 0 Å². The summed E-state index contributed by atoms with van der Waals surface area (Å²) in [5.74, 6) is -0.663. The van der Waals surface area contributed by atoms with Gasteiger partial charge in [0.1, 0.15) is 0 Å². The number of hydrogen-bond donors (Lipinski definition) is 1. The van der Waals surface area contributed by atoms with Gasteiger partial charge in [0, 0.05) is 18.9 Å².